The van der Waals surface area contributed by atoms with Crippen molar-refractivity contribution in [2.45, 2.75) is 64.1 Å². The van der Waals surface area contributed by atoms with Crippen LogP contribution in [0, 0.1) is 6.92 Å². The molecule has 6 rings (SSSR count). The molecule has 1 aliphatic heterocycles. The van der Waals surface area contributed by atoms with Gasteiger partial charge in [-0.1, -0.05) is 0 Å². The molecule has 31 heavy (non-hydrogen) atoms. The Kier molecular flexibility index (Phi) is 3.82. The minimum Gasteiger partial charge on any atom is -0.481 e. The van der Waals surface area contributed by atoms with Crippen LogP contribution in [-0.4, -0.2) is 43.4 Å². The number of hydrogen-bond donors (Lipinski definition) is 1. The van der Waals surface area contributed by atoms with Gasteiger partial charge in [-0.2, -0.15) is 4.98 Å². The number of furan rings is 1. The Labute approximate surface area is 179 Å². The third-order valence-electron chi connectivity index (χ3n) is 6.48. The summed E-state index contributed by atoms with van der Waals surface area (Å²) in [6.07, 6.45) is 5.84. The third kappa shape index (κ3) is 3.02. The molecule has 0 atom stereocenters. The number of anilines is 1. The summed E-state index contributed by atoms with van der Waals surface area (Å²) in [5.41, 5.74) is 2.69. The zero-order chi connectivity index (χ0) is 21.3. The van der Waals surface area contributed by atoms with Gasteiger partial charge in [-0.25, -0.2) is 15.0 Å². The Morgan fingerprint density at radius 3 is 2.77 bits per heavy atom. The maximum atomic E-state index is 13.7. The van der Waals surface area contributed by atoms with E-state index < -0.39 is 0 Å². The van der Waals surface area contributed by atoms with Crippen LogP contribution in [0.5, 0.6) is 5.88 Å². The fraction of sp³-hybridized carbons (Fsp3) is 0.500. The minimum atomic E-state index is -0.122. The van der Waals surface area contributed by atoms with Crippen molar-refractivity contribution in [3.05, 3.63) is 34.7 Å². The monoisotopic (exact) mass is 420 g/mol. The maximum absolute atomic E-state index is 13.7. The van der Waals surface area contributed by atoms with Crippen molar-refractivity contribution in [3.8, 4) is 5.88 Å². The van der Waals surface area contributed by atoms with Gasteiger partial charge in [0, 0.05) is 11.5 Å². The second kappa shape index (κ2) is 6.38. The molecule has 0 spiro atoms. The highest BCUT2D eigenvalue weighted by Gasteiger charge is 2.39. The van der Waals surface area contributed by atoms with Crippen LogP contribution >= 0.6 is 0 Å². The lowest BCUT2D eigenvalue weighted by Crippen LogP contribution is -2.26. The topological polar surface area (TPSA) is 106 Å². The van der Waals surface area contributed by atoms with Gasteiger partial charge in [-0.15, -0.1) is 0 Å². The van der Waals surface area contributed by atoms with E-state index >= 15 is 0 Å². The van der Waals surface area contributed by atoms with Crippen molar-refractivity contribution in [3.63, 3.8) is 0 Å². The van der Waals surface area contributed by atoms with E-state index in [1.165, 1.54) is 6.33 Å². The zero-order valence-electron chi connectivity index (χ0n) is 17.9. The summed E-state index contributed by atoms with van der Waals surface area (Å²) in [6, 6.07) is 0. The number of amides is 1. The van der Waals surface area contributed by atoms with E-state index in [1.54, 1.807) is 18.9 Å². The molecule has 0 saturated heterocycles. The van der Waals surface area contributed by atoms with Crippen molar-refractivity contribution >= 4 is 22.8 Å². The summed E-state index contributed by atoms with van der Waals surface area (Å²) in [7, 11) is 1.62. The smallest absolute Gasteiger partial charge is 0.258 e. The van der Waals surface area contributed by atoms with Crippen LogP contribution in [-0.2, 0) is 13.1 Å². The van der Waals surface area contributed by atoms with Gasteiger partial charge in [-0.05, 0) is 39.5 Å². The zero-order valence-corrected chi connectivity index (χ0v) is 17.9. The van der Waals surface area contributed by atoms with E-state index in [9.17, 15) is 4.79 Å². The first-order valence-corrected chi connectivity index (χ1v) is 10.7. The van der Waals surface area contributed by atoms with Crippen molar-refractivity contribution in [1.29, 1.82) is 0 Å². The van der Waals surface area contributed by atoms with E-state index in [-0.39, 0.29) is 11.4 Å². The highest BCUT2D eigenvalue weighted by atomic mass is 16.5. The summed E-state index contributed by atoms with van der Waals surface area (Å²) in [6.45, 7) is 4.77. The fourth-order valence-corrected chi connectivity index (χ4v) is 4.23. The van der Waals surface area contributed by atoms with Crippen molar-refractivity contribution in [1.82, 2.24) is 24.8 Å². The Balaban J connectivity index is 1.37. The van der Waals surface area contributed by atoms with Gasteiger partial charge in [0.25, 0.3) is 5.91 Å². The van der Waals surface area contributed by atoms with Crippen molar-refractivity contribution in [2.24, 2.45) is 0 Å². The predicted octanol–water partition coefficient (Wildman–Crippen LogP) is 3.33. The average Bonchev–Trinajstić information content (AvgIpc) is 3.65. The number of carbonyl (C=O) groups excluding carboxylic acids is 1. The van der Waals surface area contributed by atoms with Gasteiger partial charge in [-0.3, -0.25) is 4.79 Å². The Morgan fingerprint density at radius 1 is 1.26 bits per heavy atom. The van der Waals surface area contributed by atoms with Gasteiger partial charge in [0.2, 0.25) is 11.6 Å². The van der Waals surface area contributed by atoms with E-state index in [2.05, 4.69) is 27.2 Å². The van der Waals surface area contributed by atoms with Crippen LogP contribution in [0.3, 0.4) is 0 Å². The molecule has 160 valence electrons. The number of rotatable bonds is 5. The van der Waals surface area contributed by atoms with Crippen LogP contribution in [0.2, 0.25) is 0 Å². The Bertz CT molecular complexity index is 1230. The van der Waals surface area contributed by atoms with E-state index in [1.807, 2.05) is 0 Å². The number of hydrogen-bond acceptors (Lipinski definition) is 8. The van der Waals surface area contributed by atoms with Crippen LogP contribution in [0.15, 0.2) is 10.7 Å². The summed E-state index contributed by atoms with van der Waals surface area (Å²) in [4.78, 5) is 33.5. The molecule has 2 aliphatic carbocycles. The SMILES string of the molecule is COc1nc(C2CC2)nc2c1CN(C(=O)c1c(C)oc3ncnc(NC4(C)CC4)c13)C2. The molecule has 0 unspecified atom stereocenters. The van der Waals surface area contributed by atoms with Crippen LogP contribution in [0.25, 0.3) is 11.1 Å². The average molecular weight is 420 g/mol. The van der Waals surface area contributed by atoms with E-state index in [4.69, 9.17) is 14.1 Å². The molecule has 1 N–H and O–H groups in total. The van der Waals surface area contributed by atoms with Gasteiger partial charge in [0.15, 0.2) is 0 Å². The Hall–Kier alpha value is -3.23. The number of fused-ring (bicyclic) bond motifs is 2. The first-order chi connectivity index (χ1) is 15.0. The molecule has 2 fully saturated rings. The molecular formula is C22H24N6O3. The first-order valence-electron chi connectivity index (χ1n) is 10.7. The van der Waals surface area contributed by atoms with E-state index in [0.717, 1.165) is 42.8 Å². The molecule has 4 heterocycles. The summed E-state index contributed by atoms with van der Waals surface area (Å²) in [5, 5.41) is 4.12. The number of methoxy groups -OCH3 is 1. The highest BCUT2D eigenvalue weighted by Crippen LogP contribution is 2.42. The molecule has 2 saturated carbocycles. The molecule has 3 aromatic rings. The molecule has 1 amide bonds. The predicted molar refractivity (Wildman–Crippen MR) is 112 cm³/mol. The first kappa shape index (κ1) is 18.5. The summed E-state index contributed by atoms with van der Waals surface area (Å²) >= 11 is 0. The molecule has 0 radical (unpaired) electrons. The Morgan fingerprint density at radius 2 is 2.06 bits per heavy atom. The maximum Gasteiger partial charge on any atom is 0.258 e. The number of carbonyl (C=O) groups is 1. The quantitative estimate of drug-likeness (QED) is 0.670. The highest BCUT2D eigenvalue weighted by molar-refractivity contribution is 6.10. The number of nitrogens with one attached hydrogen (secondary N) is 1. The molecule has 0 aromatic carbocycles. The fourth-order valence-electron chi connectivity index (χ4n) is 4.23. The molecule has 3 aromatic heterocycles. The molecule has 9 heteroatoms. The molecule has 3 aliphatic rings. The number of nitrogens with zero attached hydrogens (tertiary/aromatic N) is 5. The lowest BCUT2D eigenvalue weighted by Gasteiger charge is -2.16. The number of aromatic nitrogens is 4. The van der Waals surface area contributed by atoms with Gasteiger partial charge in [0.1, 0.15) is 23.7 Å². The number of aryl methyl sites for hydroxylation is 1. The second-order valence-corrected chi connectivity index (χ2v) is 9.07. The van der Waals surface area contributed by atoms with Gasteiger partial charge in [0.05, 0.1) is 42.4 Å². The largest absolute Gasteiger partial charge is 0.481 e. The van der Waals surface area contributed by atoms with Crippen molar-refractivity contribution < 1.29 is 13.9 Å². The molecular weight excluding hydrogens is 396 g/mol. The van der Waals surface area contributed by atoms with Crippen molar-refractivity contribution in [2.75, 3.05) is 12.4 Å². The lowest BCUT2D eigenvalue weighted by molar-refractivity contribution is 0.0750. The van der Waals surface area contributed by atoms with Gasteiger partial charge < -0.3 is 19.4 Å². The second-order valence-electron chi connectivity index (χ2n) is 9.07. The minimum absolute atomic E-state index is 0.0127. The van der Waals surface area contributed by atoms with Crippen LogP contribution < -0.4 is 10.1 Å². The van der Waals surface area contributed by atoms with E-state index in [0.29, 0.717) is 53.1 Å². The standard InChI is InChI=1S/C22H24N6O3/c1-11-15(16-18(27-22(2)6-7-22)23-10-24-20(16)31-11)21(29)28-8-13-14(9-28)25-17(12-4-5-12)26-19(13)30-3/h10,12H,4-9H2,1-3H3,(H,23,24,27). The van der Waals surface area contributed by atoms with Gasteiger partial charge >= 0.3 is 0 Å². The third-order valence-corrected chi connectivity index (χ3v) is 6.48. The summed E-state index contributed by atoms with van der Waals surface area (Å²) < 4.78 is 11.4. The summed E-state index contributed by atoms with van der Waals surface area (Å²) in [5.74, 6) is 2.88. The lowest BCUT2D eigenvalue weighted by atomic mass is 10.1. The normalized spacial score (nSPS) is 18.9. The van der Waals surface area contributed by atoms with Crippen LogP contribution in [0.1, 0.15) is 71.7 Å². The molecule has 0 bridgehead atoms. The molecule has 9 nitrogen and oxygen atoms in total. The number of ether oxygens (including phenoxy) is 1. The van der Waals surface area contributed by atoms with Crippen LogP contribution in [0.4, 0.5) is 5.82 Å².